The maximum Gasteiger partial charge on any atom is 0.248 e. The summed E-state index contributed by atoms with van der Waals surface area (Å²) in [6.07, 6.45) is 2.32. The lowest BCUT2D eigenvalue weighted by Gasteiger charge is -2.22. The highest BCUT2D eigenvalue weighted by molar-refractivity contribution is 5.96. The summed E-state index contributed by atoms with van der Waals surface area (Å²) in [5.74, 6) is -0.489. The molecule has 1 saturated heterocycles. The first kappa shape index (κ1) is 13.5. The van der Waals surface area contributed by atoms with Gasteiger partial charge in [-0.1, -0.05) is 0 Å². The summed E-state index contributed by atoms with van der Waals surface area (Å²) in [5, 5.41) is 2.85. The molecule has 5 nitrogen and oxygen atoms in total. The number of carbonyl (C=O) groups excluding carboxylic acids is 2. The van der Waals surface area contributed by atoms with Crippen molar-refractivity contribution in [2.24, 2.45) is 5.73 Å². The molecule has 3 N–H and O–H groups in total. The van der Waals surface area contributed by atoms with E-state index in [-0.39, 0.29) is 11.9 Å². The first-order chi connectivity index (χ1) is 9.08. The smallest absolute Gasteiger partial charge is 0.248 e. The van der Waals surface area contributed by atoms with Crippen LogP contribution in [0.4, 0.5) is 5.69 Å². The van der Waals surface area contributed by atoms with Crippen LogP contribution in [0, 0.1) is 0 Å². The average molecular weight is 261 g/mol. The van der Waals surface area contributed by atoms with Crippen molar-refractivity contribution in [3.05, 3.63) is 29.8 Å². The summed E-state index contributed by atoms with van der Waals surface area (Å²) >= 11 is 0. The minimum Gasteiger partial charge on any atom is -0.366 e. The molecule has 2 amide bonds. The molecule has 0 bridgehead atoms. The third-order valence-electron chi connectivity index (χ3n) is 3.50. The average Bonchev–Trinajstić information content (AvgIpc) is 2.92. The standard InChI is InChI=1S/C14H19N3O2/c1-10(17-8-2-3-9-17)14(19)16-12-6-4-11(5-7-12)13(15)18/h4-7,10H,2-3,8-9H2,1H3,(H2,15,18)(H,16,19)/t10-/m0/s1. The van der Waals surface area contributed by atoms with Gasteiger partial charge in [0.25, 0.3) is 0 Å². The van der Waals surface area contributed by atoms with Crippen LogP contribution in [0.25, 0.3) is 0 Å². The highest BCUT2D eigenvalue weighted by Gasteiger charge is 2.23. The SMILES string of the molecule is C[C@@H](C(=O)Nc1ccc(C(N)=O)cc1)N1CCCC1. The fraction of sp³-hybridized carbons (Fsp3) is 0.429. The number of nitrogens with two attached hydrogens (primary N) is 1. The van der Waals surface area contributed by atoms with Gasteiger partial charge in [-0.15, -0.1) is 0 Å². The van der Waals surface area contributed by atoms with Gasteiger partial charge in [-0.25, -0.2) is 0 Å². The molecule has 1 atom stereocenters. The largest absolute Gasteiger partial charge is 0.366 e. The molecule has 0 radical (unpaired) electrons. The van der Waals surface area contributed by atoms with Crippen LogP contribution in [0.1, 0.15) is 30.1 Å². The van der Waals surface area contributed by atoms with Gasteiger partial charge in [0.2, 0.25) is 11.8 Å². The minimum atomic E-state index is -0.469. The third-order valence-corrected chi connectivity index (χ3v) is 3.50. The van der Waals surface area contributed by atoms with E-state index in [4.69, 9.17) is 5.73 Å². The molecule has 0 unspecified atom stereocenters. The summed E-state index contributed by atoms with van der Waals surface area (Å²) in [5.41, 5.74) is 6.28. The van der Waals surface area contributed by atoms with Crippen molar-refractivity contribution >= 4 is 17.5 Å². The summed E-state index contributed by atoms with van der Waals surface area (Å²) in [4.78, 5) is 25.2. The van der Waals surface area contributed by atoms with Crippen LogP contribution in [0.2, 0.25) is 0 Å². The molecule has 2 rings (SSSR count). The normalized spacial score (nSPS) is 17.1. The molecule has 5 heteroatoms. The Hall–Kier alpha value is -1.88. The maximum absolute atomic E-state index is 12.1. The van der Waals surface area contributed by atoms with E-state index in [1.54, 1.807) is 24.3 Å². The van der Waals surface area contributed by atoms with Crippen LogP contribution in [0.15, 0.2) is 24.3 Å². The lowest BCUT2D eigenvalue weighted by molar-refractivity contribution is -0.120. The molecular formula is C14H19N3O2. The molecule has 1 heterocycles. The quantitative estimate of drug-likeness (QED) is 0.855. The number of amides is 2. The topological polar surface area (TPSA) is 75.4 Å². The zero-order valence-electron chi connectivity index (χ0n) is 11.1. The van der Waals surface area contributed by atoms with Crippen LogP contribution in [-0.2, 0) is 4.79 Å². The van der Waals surface area contributed by atoms with E-state index in [0.29, 0.717) is 11.3 Å². The molecular weight excluding hydrogens is 242 g/mol. The van der Waals surface area contributed by atoms with Crippen LogP contribution < -0.4 is 11.1 Å². The number of primary amides is 1. The van der Waals surface area contributed by atoms with Gasteiger partial charge in [-0.2, -0.15) is 0 Å². The predicted molar refractivity (Wildman–Crippen MR) is 73.9 cm³/mol. The van der Waals surface area contributed by atoms with Crippen molar-refractivity contribution in [1.29, 1.82) is 0 Å². The number of benzene rings is 1. The third kappa shape index (κ3) is 3.32. The zero-order chi connectivity index (χ0) is 13.8. The van der Waals surface area contributed by atoms with Gasteiger partial charge in [-0.05, 0) is 57.1 Å². The Balaban J connectivity index is 1.96. The number of hydrogen-bond acceptors (Lipinski definition) is 3. The van der Waals surface area contributed by atoms with E-state index < -0.39 is 5.91 Å². The predicted octanol–water partition coefficient (Wildman–Crippen LogP) is 1.21. The summed E-state index contributed by atoms with van der Waals surface area (Å²) in [6, 6.07) is 6.47. The number of rotatable bonds is 4. The summed E-state index contributed by atoms with van der Waals surface area (Å²) < 4.78 is 0. The van der Waals surface area contributed by atoms with Crippen molar-refractivity contribution in [3.8, 4) is 0 Å². The highest BCUT2D eigenvalue weighted by atomic mass is 16.2. The van der Waals surface area contributed by atoms with Gasteiger partial charge in [0.05, 0.1) is 6.04 Å². The molecule has 1 aliphatic rings. The molecule has 1 fully saturated rings. The van der Waals surface area contributed by atoms with E-state index in [1.807, 2.05) is 6.92 Å². The Morgan fingerprint density at radius 2 is 1.79 bits per heavy atom. The van der Waals surface area contributed by atoms with Gasteiger partial charge < -0.3 is 11.1 Å². The van der Waals surface area contributed by atoms with Crippen molar-refractivity contribution < 1.29 is 9.59 Å². The van der Waals surface area contributed by atoms with E-state index in [2.05, 4.69) is 10.2 Å². The molecule has 0 saturated carbocycles. The molecule has 0 spiro atoms. The van der Waals surface area contributed by atoms with E-state index in [9.17, 15) is 9.59 Å². The van der Waals surface area contributed by atoms with Crippen LogP contribution in [0.5, 0.6) is 0 Å². The van der Waals surface area contributed by atoms with E-state index >= 15 is 0 Å². The van der Waals surface area contributed by atoms with Crippen LogP contribution in [0.3, 0.4) is 0 Å². The Morgan fingerprint density at radius 1 is 1.21 bits per heavy atom. The number of carbonyl (C=O) groups is 2. The summed E-state index contributed by atoms with van der Waals surface area (Å²) in [7, 11) is 0. The number of hydrogen-bond donors (Lipinski definition) is 2. The minimum absolute atomic E-state index is 0.0197. The fourth-order valence-electron chi connectivity index (χ4n) is 2.26. The van der Waals surface area contributed by atoms with Crippen LogP contribution in [-0.4, -0.2) is 35.8 Å². The maximum atomic E-state index is 12.1. The lowest BCUT2D eigenvalue weighted by atomic mass is 10.2. The Bertz CT molecular complexity index is 464. The Morgan fingerprint density at radius 3 is 2.32 bits per heavy atom. The number of anilines is 1. The second-order valence-electron chi connectivity index (χ2n) is 4.85. The fourth-order valence-corrected chi connectivity index (χ4v) is 2.26. The highest BCUT2D eigenvalue weighted by Crippen LogP contribution is 2.14. The van der Waals surface area contributed by atoms with E-state index in [0.717, 1.165) is 25.9 Å². The first-order valence-corrected chi connectivity index (χ1v) is 6.52. The molecule has 19 heavy (non-hydrogen) atoms. The molecule has 0 aromatic heterocycles. The number of nitrogens with zero attached hydrogens (tertiary/aromatic N) is 1. The van der Waals surface area contributed by atoms with Gasteiger partial charge >= 0.3 is 0 Å². The number of likely N-dealkylation sites (tertiary alicyclic amines) is 1. The molecule has 0 aliphatic carbocycles. The van der Waals surface area contributed by atoms with Gasteiger partial charge in [0.15, 0.2) is 0 Å². The van der Waals surface area contributed by atoms with Crippen LogP contribution >= 0.6 is 0 Å². The van der Waals surface area contributed by atoms with Gasteiger partial charge in [-0.3, -0.25) is 14.5 Å². The molecule has 1 aromatic carbocycles. The molecule has 102 valence electrons. The first-order valence-electron chi connectivity index (χ1n) is 6.52. The number of nitrogens with one attached hydrogen (secondary N) is 1. The second-order valence-corrected chi connectivity index (χ2v) is 4.85. The Kier molecular flexibility index (Phi) is 4.16. The Labute approximate surface area is 112 Å². The molecule has 1 aromatic rings. The lowest BCUT2D eigenvalue weighted by Crippen LogP contribution is -2.40. The van der Waals surface area contributed by atoms with Crippen molar-refractivity contribution in [2.75, 3.05) is 18.4 Å². The van der Waals surface area contributed by atoms with Crippen molar-refractivity contribution in [1.82, 2.24) is 4.90 Å². The molecule has 1 aliphatic heterocycles. The summed E-state index contributed by atoms with van der Waals surface area (Å²) in [6.45, 7) is 3.88. The monoisotopic (exact) mass is 261 g/mol. The van der Waals surface area contributed by atoms with Crippen molar-refractivity contribution in [2.45, 2.75) is 25.8 Å². The van der Waals surface area contributed by atoms with Gasteiger partial charge in [0.1, 0.15) is 0 Å². The van der Waals surface area contributed by atoms with E-state index in [1.165, 1.54) is 0 Å². The zero-order valence-corrected chi connectivity index (χ0v) is 11.1. The van der Waals surface area contributed by atoms with Gasteiger partial charge in [0, 0.05) is 11.3 Å². The van der Waals surface area contributed by atoms with Crippen molar-refractivity contribution in [3.63, 3.8) is 0 Å². The second kappa shape index (κ2) is 5.84.